The van der Waals surface area contributed by atoms with E-state index in [1.54, 1.807) is 6.92 Å². The van der Waals surface area contributed by atoms with Crippen LogP contribution in [0.15, 0.2) is 17.0 Å². The van der Waals surface area contributed by atoms with Crippen LogP contribution in [-0.2, 0) is 10.0 Å². The van der Waals surface area contributed by atoms with Crippen LogP contribution in [0.1, 0.15) is 18.9 Å². The third kappa shape index (κ3) is 3.91. The van der Waals surface area contributed by atoms with Gasteiger partial charge < -0.3 is 5.11 Å². The van der Waals surface area contributed by atoms with Crippen molar-refractivity contribution in [1.29, 1.82) is 0 Å². The number of aliphatic hydroxyl groups excluding tert-OH is 1. The summed E-state index contributed by atoms with van der Waals surface area (Å²) in [5.41, 5.74) is -0.113. The number of hydrogen-bond donors (Lipinski definition) is 1. The van der Waals surface area contributed by atoms with Crippen molar-refractivity contribution >= 4 is 27.3 Å². The minimum atomic E-state index is -3.89. The molecule has 1 N–H and O–H groups in total. The molecule has 7 nitrogen and oxygen atoms in total. The van der Waals surface area contributed by atoms with Gasteiger partial charge in [-0.3, -0.25) is 10.1 Å². The van der Waals surface area contributed by atoms with Crippen molar-refractivity contribution in [2.45, 2.75) is 25.2 Å². The fourth-order valence-corrected chi connectivity index (χ4v) is 3.64. The summed E-state index contributed by atoms with van der Waals surface area (Å²) in [6, 6.07) is 2.22. The predicted octanol–water partition coefficient (Wildman–Crippen LogP) is 1.95. The number of halogens is 1. The Morgan fingerprint density at radius 3 is 2.52 bits per heavy atom. The summed E-state index contributed by atoms with van der Waals surface area (Å²) in [6.45, 7) is 3.30. The fourth-order valence-electron chi connectivity index (χ4n) is 1.82. The minimum Gasteiger partial charge on any atom is -0.396 e. The van der Waals surface area contributed by atoms with Gasteiger partial charge in [-0.15, -0.1) is 0 Å². The molecule has 0 saturated heterocycles. The molecule has 0 spiro atoms. The highest BCUT2D eigenvalue weighted by Gasteiger charge is 2.27. The first kappa shape index (κ1) is 17.8. The van der Waals surface area contributed by atoms with E-state index in [4.69, 9.17) is 16.7 Å². The maximum atomic E-state index is 12.5. The molecule has 118 valence electrons. The molecule has 1 rings (SSSR count). The van der Waals surface area contributed by atoms with Gasteiger partial charge in [-0.1, -0.05) is 18.5 Å². The number of benzene rings is 1. The van der Waals surface area contributed by atoms with E-state index < -0.39 is 14.9 Å². The summed E-state index contributed by atoms with van der Waals surface area (Å²) in [5.74, 6) is 0. The minimum absolute atomic E-state index is 0.0287. The second kappa shape index (κ2) is 7.17. The Labute approximate surface area is 128 Å². The van der Waals surface area contributed by atoms with Crippen molar-refractivity contribution in [3.63, 3.8) is 0 Å². The Hall–Kier alpha value is -1.22. The number of nitrogens with zero attached hydrogens (tertiary/aromatic N) is 2. The molecule has 21 heavy (non-hydrogen) atoms. The molecule has 0 bridgehead atoms. The van der Waals surface area contributed by atoms with Crippen LogP contribution in [0.2, 0.25) is 5.02 Å². The van der Waals surface area contributed by atoms with Crippen LogP contribution < -0.4 is 0 Å². The number of sulfonamides is 1. The lowest BCUT2D eigenvalue weighted by Crippen LogP contribution is -2.32. The number of nitro groups is 1. The molecule has 0 unspecified atom stereocenters. The van der Waals surface area contributed by atoms with Gasteiger partial charge in [0, 0.05) is 31.3 Å². The van der Waals surface area contributed by atoms with Crippen molar-refractivity contribution in [1.82, 2.24) is 4.31 Å². The lowest BCUT2D eigenvalue weighted by atomic mass is 10.2. The van der Waals surface area contributed by atoms with Gasteiger partial charge >= 0.3 is 0 Å². The SMILES string of the molecule is CCN(CCCO)S(=O)(=O)c1cc(Cl)c(C)c([N+](=O)[O-])c1. The van der Waals surface area contributed by atoms with Crippen LogP contribution in [0.25, 0.3) is 0 Å². The normalized spacial score (nSPS) is 11.9. The van der Waals surface area contributed by atoms with E-state index in [1.807, 2.05) is 0 Å². The van der Waals surface area contributed by atoms with E-state index in [0.29, 0.717) is 0 Å². The van der Waals surface area contributed by atoms with Crippen molar-refractivity contribution < 1.29 is 18.4 Å². The van der Waals surface area contributed by atoms with Crippen LogP contribution in [0, 0.1) is 17.0 Å². The second-order valence-corrected chi connectivity index (χ2v) is 6.73. The number of hydrogen-bond acceptors (Lipinski definition) is 5. The Kier molecular flexibility index (Phi) is 6.09. The van der Waals surface area contributed by atoms with Crippen LogP contribution in [-0.4, -0.2) is 42.4 Å². The van der Waals surface area contributed by atoms with E-state index in [1.165, 1.54) is 13.0 Å². The number of nitro benzene ring substituents is 1. The molecule has 0 radical (unpaired) electrons. The van der Waals surface area contributed by atoms with Gasteiger partial charge in [0.25, 0.3) is 5.69 Å². The van der Waals surface area contributed by atoms with Gasteiger partial charge in [0.2, 0.25) is 10.0 Å². The Morgan fingerprint density at radius 2 is 2.05 bits per heavy atom. The van der Waals surface area contributed by atoms with E-state index >= 15 is 0 Å². The Morgan fingerprint density at radius 1 is 1.43 bits per heavy atom. The molecule has 0 aliphatic rings. The average molecular weight is 337 g/mol. The van der Waals surface area contributed by atoms with Gasteiger partial charge in [-0.25, -0.2) is 8.42 Å². The zero-order valence-electron chi connectivity index (χ0n) is 11.7. The van der Waals surface area contributed by atoms with Gasteiger partial charge in [0.15, 0.2) is 0 Å². The first-order chi connectivity index (χ1) is 9.75. The third-order valence-corrected chi connectivity index (χ3v) is 5.39. The summed E-state index contributed by atoms with van der Waals surface area (Å²) in [6.07, 6.45) is 0.286. The zero-order chi connectivity index (χ0) is 16.2. The molecule has 0 saturated carbocycles. The number of aliphatic hydroxyl groups is 1. The Balaban J connectivity index is 3.34. The molecular formula is C12H17ClN2O5S. The predicted molar refractivity (Wildman–Crippen MR) is 79.0 cm³/mol. The molecule has 9 heteroatoms. The molecule has 0 amide bonds. The molecule has 0 aromatic heterocycles. The van der Waals surface area contributed by atoms with Crippen molar-refractivity contribution in [3.8, 4) is 0 Å². The summed E-state index contributed by atoms with van der Waals surface area (Å²) in [7, 11) is -3.89. The maximum Gasteiger partial charge on any atom is 0.275 e. The van der Waals surface area contributed by atoms with E-state index in [9.17, 15) is 18.5 Å². The first-order valence-corrected chi connectivity index (χ1v) is 8.13. The van der Waals surface area contributed by atoms with Crippen LogP contribution >= 0.6 is 11.6 Å². The van der Waals surface area contributed by atoms with E-state index in [-0.39, 0.29) is 47.3 Å². The van der Waals surface area contributed by atoms with Crippen LogP contribution in [0.4, 0.5) is 5.69 Å². The van der Waals surface area contributed by atoms with Crippen molar-refractivity contribution in [3.05, 3.63) is 32.8 Å². The van der Waals surface area contributed by atoms with Crippen molar-refractivity contribution in [2.75, 3.05) is 19.7 Å². The highest BCUT2D eigenvalue weighted by molar-refractivity contribution is 7.89. The molecule has 0 fully saturated rings. The monoisotopic (exact) mass is 336 g/mol. The highest BCUT2D eigenvalue weighted by atomic mass is 35.5. The summed E-state index contributed by atoms with van der Waals surface area (Å²) >= 11 is 5.89. The molecule has 0 aliphatic carbocycles. The zero-order valence-corrected chi connectivity index (χ0v) is 13.3. The van der Waals surface area contributed by atoms with Gasteiger partial charge in [-0.05, 0) is 19.4 Å². The smallest absolute Gasteiger partial charge is 0.275 e. The second-order valence-electron chi connectivity index (χ2n) is 4.38. The average Bonchev–Trinajstić information content (AvgIpc) is 2.41. The first-order valence-electron chi connectivity index (χ1n) is 6.31. The largest absolute Gasteiger partial charge is 0.396 e. The summed E-state index contributed by atoms with van der Waals surface area (Å²) < 4.78 is 26.1. The molecule has 0 aliphatic heterocycles. The lowest BCUT2D eigenvalue weighted by Gasteiger charge is -2.20. The van der Waals surface area contributed by atoms with Gasteiger partial charge in [-0.2, -0.15) is 4.31 Å². The van der Waals surface area contributed by atoms with Gasteiger partial charge in [0.05, 0.1) is 14.8 Å². The standard InChI is InChI=1S/C12H17ClN2O5S/c1-3-14(5-4-6-16)21(19,20)10-7-11(13)9(2)12(8-10)15(17)18/h7-8,16H,3-6H2,1-2H3. The summed E-state index contributed by atoms with van der Waals surface area (Å²) in [5, 5.41) is 19.8. The highest BCUT2D eigenvalue weighted by Crippen LogP contribution is 2.30. The fraction of sp³-hybridized carbons (Fsp3) is 0.500. The quantitative estimate of drug-likeness (QED) is 0.605. The van der Waals surface area contributed by atoms with Gasteiger partial charge in [0.1, 0.15) is 0 Å². The van der Waals surface area contributed by atoms with Crippen molar-refractivity contribution in [2.24, 2.45) is 0 Å². The molecule has 0 atom stereocenters. The van der Waals surface area contributed by atoms with Crippen LogP contribution in [0.3, 0.4) is 0 Å². The van der Waals surface area contributed by atoms with E-state index in [2.05, 4.69) is 0 Å². The topological polar surface area (TPSA) is 101 Å². The molecule has 1 aromatic carbocycles. The van der Waals surface area contributed by atoms with E-state index in [0.717, 1.165) is 10.4 Å². The maximum absolute atomic E-state index is 12.5. The number of rotatable bonds is 7. The molecule has 1 aromatic rings. The lowest BCUT2D eigenvalue weighted by molar-refractivity contribution is -0.385. The van der Waals surface area contributed by atoms with Crippen LogP contribution in [0.5, 0.6) is 0 Å². The summed E-state index contributed by atoms with van der Waals surface area (Å²) in [4.78, 5) is 10.1. The Bertz CT molecular complexity index is 633. The third-order valence-electron chi connectivity index (χ3n) is 3.04. The molecule has 0 heterocycles. The molecular weight excluding hydrogens is 320 g/mol.